The highest BCUT2D eigenvalue weighted by molar-refractivity contribution is 9.10. The molecule has 7 heteroatoms. The first-order valence-electron chi connectivity index (χ1n) is 9.09. The Balaban J connectivity index is 0.00000300. The van der Waals surface area contributed by atoms with Gasteiger partial charge in [-0.15, -0.1) is 12.4 Å². The van der Waals surface area contributed by atoms with Gasteiger partial charge in [0.2, 0.25) is 0 Å². The molecule has 0 aliphatic rings. The van der Waals surface area contributed by atoms with Gasteiger partial charge in [0, 0.05) is 29.9 Å². The van der Waals surface area contributed by atoms with Gasteiger partial charge in [0.1, 0.15) is 6.61 Å². The summed E-state index contributed by atoms with van der Waals surface area (Å²) in [5.74, 6) is 1.38. The van der Waals surface area contributed by atoms with Gasteiger partial charge in [0.15, 0.2) is 11.5 Å². The Morgan fingerprint density at radius 2 is 1.83 bits per heavy atom. The van der Waals surface area contributed by atoms with Crippen LogP contribution in [0.1, 0.15) is 23.7 Å². The number of pyridine rings is 1. The molecule has 0 amide bonds. The van der Waals surface area contributed by atoms with E-state index in [1.807, 2.05) is 61.5 Å². The normalized spacial score (nSPS) is 10.3. The van der Waals surface area contributed by atoms with Crippen LogP contribution in [0.15, 0.2) is 65.3 Å². The van der Waals surface area contributed by atoms with Crippen molar-refractivity contribution >= 4 is 39.9 Å². The van der Waals surface area contributed by atoms with Crippen LogP contribution in [0, 0.1) is 0 Å². The molecule has 0 aliphatic heterocycles. The van der Waals surface area contributed by atoms with E-state index < -0.39 is 0 Å². The van der Waals surface area contributed by atoms with E-state index in [0.717, 1.165) is 21.3 Å². The molecule has 2 aromatic carbocycles. The molecule has 3 rings (SSSR count). The van der Waals surface area contributed by atoms with E-state index in [0.29, 0.717) is 42.8 Å². The second kappa shape index (κ2) is 12.0. The fraction of sp³-hybridized carbons (Fsp3) is 0.227. The van der Waals surface area contributed by atoms with Crippen molar-refractivity contribution in [1.29, 1.82) is 0 Å². The average molecular weight is 498 g/mol. The molecule has 1 heterocycles. The lowest BCUT2D eigenvalue weighted by Crippen LogP contribution is -2.14. The minimum atomic E-state index is 0. The largest absolute Gasteiger partial charge is 0.490 e. The zero-order valence-electron chi connectivity index (χ0n) is 16.0. The van der Waals surface area contributed by atoms with E-state index in [1.54, 1.807) is 6.20 Å². The van der Waals surface area contributed by atoms with Crippen LogP contribution >= 0.6 is 39.9 Å². The number of aromatic nitrogens is 1. The van der Waals surface area contributed by atoms with E-state index >= 15 is 0 Å². The molecule has 4 nitrogen and oxygen atoms in total. The fourth-order valence-electron chi connectivity index (χ4n) is 2.73. The van der Waals surface area contributed by atoms with Crippen molar-refractivity contribution in [3.05, 3.63) is 87.1 Å². The maximum absolute atomic E-state index is 6.23. The standard InChI is InChI=1S/C22H22BrClN2O2.ClH/c1-2-27-21-12-16(13-25-14-18-8-5-6-10-26-18)11-19(23)22(21)28-15-17-7-3-4-9-20(17)24;/h3-12,25H,2,13-15H2,1H3;1H. The third kappa shape index (κ3) is 6.89. The molecule has 3 aromatic rings. The number of hydrogen-bond donors (Lipinski definition) is 1. The summed E-state index contributed by atoms with van der Waals surface area (Å²) in [6.45, 7) is 4.28. The zero-order chi connectivity index (χ0) is 19.8. The van der Waals surface area contributed by atoms with Crippen molar-refractivity contribution in [3.8, 4) is 11.5 Å². The summed E-state index contributed by atoms with van der Waals surface area (Å²) in [6, 6.07) is 17.6. The van der Waals surface area contributed by atoms with Crippen molar-refractivity contribution in [2.24, 2.45) is 0 Å². The number of halogens is 3. The molecule has 0 fully saturated rings. The Labute approximate surface area is 191 Å². The summed E-state index contributed by atoms with van der Waals surface area (Å²) in [7, 11) is 0. The van der Waals surface area contributed by atoms with Crippen LogP contribution in [0.5, 0.6) is 11.5 Å². The molecular formula is C22H23BrCl2N2O2. The van der Waals surface area contributed by atoms with Gasteiger partial charge in [-0.25, -0.2) is 0 Å². The quantitative estimate of drug-likeness (QED) is 0.383. The number of nitrogens with zero attached hydrogens (tertiary/aromatic N) is 1. The number of benzene rings is 2. The third-order valence-corrected chi connectivity index (χ3v) is 5.02. The first-order valence-corrected chi connectivity index (χ1v) is 10.3. The van der Waals surface area contributed by atoms with E-state index in [-0.39, 0.29) is 12.4 Å². The molecule has 0 aliphatic carbocycles. The smallest absolute Gasteiger partial charge is 0.175 e. The van der Waals surface area contributed by atoms with Crippen LogP contribution in [0.2, 0.25) is 5.02 Å². The molecule has 0 bridgehead atoms. The Hall–Kier alpha value is -1.79. The van der Waals surface area contributed by atoms with Gasteiger partial charge in [-0.1, -0.05) is 35.9 Å². The number of ether oxygens (including phenoxy) is 2. The SMILES string of the molecule is CCOc1cc(CNCc2ccccn2)cc(Br)c1OCc1ccccc1Cl.Cl. The summed E-state index contributed by atoms with van der Waals surface area (Å²) in [5, 5.41) is 4.09. The van der Waals surface area contributed by atoms with E-state index in [2.05, 4.69) is 26.2 Å². The summed E-state index contributed by atoms with van der Waals surface area (Å²) in [6.07, 6.45) is 1.80. The lowest BCUT2D eigenvalue weighted by Gasteiger charge is -2.16. The molecule has 0 radical (unpaired) electrons. The molecular weight excluding hydrogens is 475 g/mol. The number of nitrogens with one attached hydrogen (secondary N) is 1. The van der Waals surface area contributed by atoms with Crippen molar-refractivity contribution < 1.29 is 9.47 Å². The molecule has 1 N–H and O–H groups in total. The van der Waals surface area contributed by atoms with E-state index in [4.69, 9.17) is 21.1 Å². The Bertz CT molecular complexity index is 911. The maximum atomic E-state index is 6.23. The lowest BCUT2D eigenvalue weighted by molar-refractivity contribution is 0.267. The third-order valence-electron chi connectivity index (χ3n) is 4.06. The summed E-state index contributed by atoms with van der Waals surface area (Å²) in [4.78, 5) is 4.32. The highest BCUT2D eigenvalue weighted by Crippen LogP contribution is 2.37. The highest BCUT2D eigenvalue weighted by Gasteiger charge is 2.13. The topological polar surface area (TPSA) is 43.4 Å². The summed E-state index contributed by atoms with van der Waals surface area (Å²) in [5.41, 5.74) is 3.03. The van der Waals surface area contributed by atoms with Crippen LogP contribution in [0.4, 0.5) is 0 Å². The second-order valence-electron chi connectivity index (χ2n) is 6.14. The molecule has 29 heavy (non-hydrogen) atoms. The van der Waals surface area contributed by atoms with Gasteiger partial charge in [0.05, 0.1) is 16.8 Å². The maximum Gasteiger partial charge on any atom is 0.175 e. The first kappa shape index (κ1) is 23.5. The minimum Gasteiger partial charge on any atom is -0.490 e. The van der Waals surface area contributed by atoms with Gasteiger partial charge >= 0.3 is 0 Å². The molecule has 0 spiro atoms. The van der Waals surface area contributed by atoms with Crippen molar-refractivity contribution in [3.63, 3.8) is 0 Å². The van der Waals surface area contributed by atoms with Crippen LogP contribution < -0.4 is 14.8 Å². The molecule has 0 saturated heterocycles. The second-order valence-corrected chi connectivity index (χ2v) is 7.40. The van der Waals surface area contributed by atoms with Crippen LogP contribution in [-0.2, 0) is 19.7 Å². The molecule has 0 unspecified atom stereocenters. The van der Waals surface area contributed by atoms with Gasteiger partial charge in [-0.2, -0.15) is 0 Å². The predicted molar refractivity (Wildman–Crippen MR) is 123 cm³/mol. The molecule has 0 atom stereocenters. The number of rotatable bonds is 9. The predicted octanol–water partition coefficient (Wildman–Crippen LogP) is 6.19. The molecule has 1 aromatic heterocycles. The molecule has 0 saturated carbocycles. The average Bonchev–Trinajstić information content (AvgIpc) is 2.70. The number of hydrogen-bond acceptors (Lipinski definition) is 4. The van der Waals surface area contributed by atoms with Gasteiger partial charge < -0.3 is 14.8 Å². The van der Waals surface area contributed by atoms with Crippen molar-refractivity contribution in [2.75, 3.05) is 6.61 Å². The summed E-state index contributed by atoms with van der Waals surface area (Å²) >= 11 is 9.85. The lowest BCUT2D eigenvalue weighted by atomic mass is 10.2. The van der Waals surface area contributed by atoms with Crippen molar-refractivity contribution in [2.45, 2.75) is 26.6 Å². The van der Waals surface area contributed by atoms with Gasteiger partial charge in [0.25, 0.3) is 0 Å². The van der Waals surface area contributed by atoms with Crippen LogP contribution in [0.25, 0.3) is 0 Å². The Morgan fingerprint density at radius 3 is 2.55 bits per heavy atom. The monoisotopic (exact) mass is 496 g/mol. The first-order chi connectivity index (χ1) is 13.7. The van der Waals surface area contributed by atoms with Crippen LogP contribution in [0.3, 0.4) is 0 Å². The Kier molecular flexibility index (Phi) is 9.74. The zero-order valence-corrected chi connectivity index (χ0v) is 19.2. The van der Waals surface area contributed by atoms with Crippen molar-refractivity contribution in [1.82, 2.24) is 10.3 Å². The minimum absolute atomic E-state index is 0. The van der Waals surface area contributed by atoms with E-state index in [1.165, 1.54) is 0 Å². The van der Waals surface area contributed by atoms with Gasteiger partial charge in [-0.3, -0.25) is 4.98 Å². The van der Waals surface area contributed by atoms with Crippen LogP contribution in [-0.4, -0.2) is 11.6 Å². The van der Waals surface area contributed by atoms with E-state index in [9.17, 15) is 0 Å². The fourth-order valence-corrected chi connectivity index (χ4v) is 3.52. The molecule has 154 valence electrons. The highest BCUT2D eigenvalue weighted by atomic mass is 79.9. The summed E-state index contributed by atoms with van der Waals surface area (Å²) < 4.78 is 12.7. The van der Waals surface area contributed by atoms with Gasteiger partial charge in [-0.05, 0) is 58.7 Å². The Morgan fingerprint density at radius 1 is 1.03 bits per heavy atom.